The quantitative estimate of drug-likeness (QED) is 0.600. The predicted octanol–water partition coefficient (Wildman–Crippen LogP) is 0.385. The summed E-state index contributed by atoms with van der Waals surface area (Å²) in [5.41, 5.74) is 7.30. The van der Waals surface area contributed by atoms with Gasteiger partial charge in [0.1, 0.15) is 12.7 Å². The van der Waals surface area contributed by atoms with Crippen LogP contribution in [0.1, 0.15) is 0 Å². The molecule has 0 atom stereocenters. The molecular formula is C15H14N6O4S2. The Hall–Kier alpha value is -2.99. The Bertz CT molecular complexity index is 1150. The van der Waals surface area contributed by atoms with Crippen LogP contribution < -0.4 is 5.73 Å². The predicted molar refractivity (Wildman–Crippen MR) is 96.9 cm³/mol. The van der Waals surface area contributed by atoms with Crippen molar-refractivity contribution >= 4 is 25.4 Å². The van der Waals surface area contributed by atoms with Gasteiger partial charge in [0.2, 0.25) is 0 Å². The van der Waals surface area contributed by atoms with E-state index in [0.717, 1.165) is 25.2 Å². The fraction of sp³-hybridized carbons (Fsp3) is 0.133. The number of aromatic nitrogens is 5. The highest BCUT2D eigenvalue weighted by Crippen LogP contribution is 2.25. The summed E-state index contributed by atoms with van der Waals surface area (Å²) in [6.45, 7) is 0. The van der Waals surface area contributed by atoms with Crippen molar-refractivity contribution in [3.63, 3.8) is 0 Å². The molecular weight excluding hydrogens is 392 g/mol. The highest BCUT2D eigenvalue weighted by molar-refractivity contribution is 7.90. The smallest absolute Gasteiger partial charge is 0.192 e. The van der Waals surface area contributed by atoms with Crippen molar-refractivity contribution in [3.8, 4) is 22.8 Å². The number of pyridine rings is 1. The molecule has 0 aliphatic heterocycles. The molecule has 0 bridgehead atoms. The van der Waals surface area contributed by atoms with Crippen molar-refractivity contribution < 1.29 is 16.8 Å². The molecule has 0 saturated heterocycles. The topological polar surface area (TPSA) is 159 Å². The Kier molecular flexibility index (Phi) is 4.61. The van der Waals surface area contributed by atoms with Gasteiger partial charge in [-0.25, -0.2) is 41.8 Å². The second kappa shape index (κ2) is 6.63. The van der Waals surface area contributed by atoms with Crippen LogP contribution in [0.4, 0.5) is 5.69 Å². The van der Waals surface area contributed by atoms with Crippen LogP contribution in [0.5, 0.6) is 0 Å². The first-order chi connectivity index (χ1) is 12.5. The van der Waals surface area contributed by atoms with Crippen LogP contribution in [0.25, 0.3) is 22.8 Å². The number of hydrogen-bond acceptors (Lipinski definition) is 10. The number of rotatable bonds is 4. The standard InChI is InChI=1S/C15H14N6O4S2/c1-26(22,23)14-5-10(17-7-19-14)12-3-9(16)4-13(21-12)11-6-15(20-8-18-11)27(2,24)25/h3-8H,1-2H3,(H2,16,21). The summed E-state index contributed by atoms with van der Waals surface area (Å²) in [5.74, 6) is 0. The van der Waals surface area contributed by atoms with Crippen LogP contribution in [0.15, 0.2) is 47.0 Å². The van der Waals surface area contributed by atoms with Gasteiger partial charge in [0.05, 0.1) is 22.8 Å². The summed E-state index contributed by atoms with van der Waals surface area (Å²) in [7, 11) is -7.05. The van der Waals surface area contributed by atoms with Gasteiger partial charge in [-0.05, 0) is 12.1 Å². The van der Waals surface area contributed by atoms with Gasteiger partial charge in [-0.15, -0.1) is 0 Å². The van der Waals surface area contributed by atoms with Gasteiger partial charge in [-0.2, -0.15) is 0 Å². The maximum atomic E-state index is 11.7. The minimum Gasteiger partial charge on any atom is -0.399 e. The fourth-order valence-corrected chi connectivity index (χ4v) is 3.31. The fourth-order valence-electron chi connectivity index (χ4n) is 2.18. The second-order valence-corrected chi connectivity index (χ2v) is 9.62. The third kappa shape index (κ3) is 4.23. The van der Waals surface area contributed by atoms with Crippen molar-refractivity contribution in [3.05, 3.63) is 36.9 Å². The van der Waals surface area contributed by atoms with Crippen LogP contribution >= 0.6 is 0 Å². The minimum atomic E-state index is -3.53. The molecule has 10 nitrogen and oxygen atoms in total. The summed E-state index contributed by atoms with van der Waals surface area (Å²) >= 11 is 0. The molecule has 0 saturated carbocycles. The monoisotopic (exact) mass is 406 g/mol. The van der Waals surface area contributed by atoms with E-state index in [1.807, 2.05) is 0 Å². The number of hydrogen-bond donors (Lipinski definition) is 1. The summed E-state index contributed by atoms with van der Waals surface area (Å²) < 4.78 is 46.8. The van der Waals surface area contributed by atoms with Crippen LogP contribution in [0.2, 0.25) is 0 Å². The van der Waals surface area contributed by atoms with E-state index in [4.69, 9.17) is 5.73 Å². The molecule has 3 aromatic rings. The SMILES string of the molecule is CS(=O)(=O)c1cc(-c2cc(N)cc(-c3cc(S(C)(=O)=O)ncn3)n2)ncn1. The number of anilines is 1. The van der Waals surface area contributed by atoms with E-state index < -0.39 is 19.7 Å². The van der Waals surface area contributed by atoms with Gasteiger partial charge in [-0.3, -0.25) is 0 Å². The van der Waals surface area contributed by atoms with E-state index in [2.05, 4.69) is 24.9 Å². The van der Waals surface area contributed by atoms with Gasteiger partial charge < -0.3 is 5.73 Å². The molecule has 27 heavy (non-hydrogen) atoms. The number of sulfone groups is 2. The van der Waals surface area contributed by atoms with Gasteiger partial charge in [0, 0.05) is 30.3 Å². The molecule has 3 aromatic heterocycles. The highest BCUT2D eigenvalue weighted by Gasteiger charge is 2.15. The molecule has 0 amide bonds. The maximum Gasteiger partial charge on any atom is 0.192 e. The molecule has 3 rings (SSSR count). The van der Waals surface area contributed by atoms with Crippen LogP contribution in [-0.2, 0) is 19.7 Å². The Morgan fingerprint density at radius 3 is 1.44 bits per heavy atom. The lowest BCUT2D eigenvalue weighted by molar-refractivity contribution is 0.596. The minimum absolute atomic E-state index is 0.153. The third-order valence-electron chi connectivity index (χ3n) is 3.42. The number of nitrogen functional groups attached to an aromatic ring is 1. The molecule has 3 heterocycles. The zero-order valence-electron chi connectivity index (χ0n) is 14.2. The van der Waals surface area contributed by atoms with Crippen molar-refractivity contribution in [2.75, 3.05) is 18.2 Å². The molecule has 2 N–H and O–H groups in total. The van der Waals surface area contributed by atoms with Crippen LogP contribution in [0, 0.1) is 0 Å². The van der Waals surface area contributed by atoms with Crippen LogP contribution in [0.3, 0.4) is 0 Å². The Morgan fingerprint density at radius 1 is 0.667 bits per heavy atom. The Labute approximate surface area is 155 Å². The van der Waals surface area contributed by atoms with Crippen molar-refractivity contribution in [2.24, 2.45) is 0 Å². The molecule has 140 valence electrons. The van der Waals surface area contributed by atoms with E-state index in [-0.39, 0.29) is 32.8 Å². The molecule has 0 radical (unpaired) electrons. The Morgan fingerprint density at radius 2 is 1.07 bits per heavy atom. The van der Waals surface area contributed by atoms with E-state index in [1.165, 1.54) is 24.3 Å². The zero-order chi connectivity index (χ0) is 19.8. The van der Waals surface area contributed by atoms with Gasteiger partial charge >= 0.3 is 0 Å². The largest absolute Gasteiger partial charge is 0.399 e. The van der Waals surface area contributed by atoms with Gasteiger partial charge in [0.25, 0.3) is 0 Å². The lowest BCUT2D eigenvalue weighted by Gasteiger charge is -2.07. The average Bonchev–Trinajstić information content (AvgIpc) is 2.60. The average molecular weight is 406 g/mol. The summed E-state index contributed by atoms with van der Waals surface area (Å²) in [6.07, 6.45) is 4.29. The van der Waals surface area contributed by atoms with E-state index in [0.29, 0.717) is 5.69 Å². The summed E-state index contributed by atoms with van der Waals surface area (Å²) in [4.78, 5) is 19.9. The number of nitrogens with two attached hydrogens (primary N) is 1. The highest BCUT2D eigenvalue weighted by atomic mass is 32.2. The van der Waals surface area contributed by atoms with E-state index in [9.17, 15) is 16.8 Å². The van der Waals surface area contributed by atoms with Crippen molar-refractivity contribution in [1.29, 1.82) is 0 Å². The normalized spacial score (nSPS) is 12.1. The van der Waals surface area contributed by atoms with E-state index in [1.54, 1.807) is 0 Å². The van der Waals surface area contributed by atoms with Gasteiger partial charge in [-0.1, -0.05) is 0 Å². The van der Waals surface area contributed by atoms with Crippen molar-refractivity contribution in [1.82, 2.24) is 24.9 Å². The van der Waals surface area contributed by atoms with Crippen molar-refractivity contribution in [2.45, 2.75) is 10.1 Å². The first-order valence-electron chi connectivity index (χ1n) is 7.36. The van der Waals surface area contributed by atoms with Gasteiger partial charge in [0.15, 0.2) is 29.7 Å². The molecule has 0 unspecified atom stereocenters. The first kappa shape index (κ1) is 18.8. The molecule has 0 aromatic carbocycles. The molecule has 0 aliphatic carbocycles. The maximum absolute atomic E-state index is 11.7. The second-order valence-electron chi connectivity index (χ2n) is 5.70. The Balaban J connectivity index is 2.14. The first-order valence-corrected chi connectivity index (χ1v) is 11.1. The molecule has 0 fully saturated rings. The number of nitrogens with zero attached hydrogens (tertiary/aromatic N) is 5. The molecule has 0 aliphatic rings. The molecule has 12 heteroatoms. The molecule has 0 spiro atoms. The lowest BCUT2D eigenvalue weighted by atomic mass is 10.2. The summed E-state index contributed by atoms with van der Waals surface area (Å²) in [6, 6.07) is 5.58. The van der Waals surface area contributed by atoms with Crippen LogP contribution in [-0.4, -0.2) is 54.3 Å². The lowest BCUT2D eigenvalue weighted by Crippen LogP contribution is -2.04. The van der Waals surface area contributed by atoms with E-state index >= 15 is 0 Å². The third-order valence-corrected chi connectivity index (χ3v) is 5.38. The summed E-state index contributed by atoms with van der Waals surface area (Å²) in [5, 5.41) is -0.306. The zero-order valence-corrected chi connectivity index (χ0v) is 15.9.